The van der Waals surface area contributed by atoms with Gasteiger partial charge in [-0.1, -0.05) is 60.0 Å². The van der Waals surface area contributed by atoms with Gasteiger partial charge in [0.1, 0.15) is 4.32 Å². The standard InChI is InChI=1S/C27H19F3N4O3S4/c28-27(29,30)16-5-3-6-17(13-16)31-22(35)15-40-25-32-19-8-1-2-9-20(19)34(25)23(36)10-11-33-24(37)21(41-26(33)38)14-18-7-4-12-39-18/h1-9,12-14H,10-11,15H2,(H,31,35). The molecule has 2 aromatic carbocycles. The van der Waals surface area contributed by atoms with Gasteiger partial charge in [0, 0.05) is 23.5 Å². The molecule has 210 valence electrons. The highest BCUT2D eigenvalue weighted by molar-refractivity contribution is 8.26. The summed E-state index contributed by atoms with van der Waals surface area (Å²) in [5, 5.41) is 4.61. The zero-order chi connectivity index (χ0) is 29.1. The first-order valence-electron chi connectivity index (χ1n) is 12.0. The van der Waals surface area contributed by atoms with Crippen molar-refractivity contribution in [3.05, 3.63) is 81.4 Å². The van der Waals surface area contributed by atoms with Crippen LogP contribution in [0.1, 0.15) is 21.7 Å². The lowest BCUT2D eigenvalue weighted by Gasteiger charge is -2.15. The summed E-state index contributed by atoms with van der Waals surface area (Å²) in [6.45, 7) is 0.0674. The molecule has 0 saturated carbocycles. The number of fused-ring (bicyclic) bond motifs is 1. The topological polar surface area (TPSA) is 84.3 Å². The number of thiocarbonyl (C=S) groups is 1. The summed E-state index contributed by atoms with van der Waals surface area (Å²) in [5.74, 6) is -1.38. The van der Waals surface area contributed by atoms with Crippen molar-refractivity contribution >= 4 is 91.9 Å². The third-order valence-corrected chi connectivity index (χ3v) is 8.96. The summed E-state index contributed by atoms with van der Waals surface area (Å²) in [6.07, 6.45) is -2.82. The van der Waals surface area contributed by atoms with Crippen LogP contribution in [0.5, 0.6) is 0 Å². The normalized spacial score (nSPS) is 14.8. The Morgan fingerprint density at radius 2 is 1.90 bits per heavy atom. The highest BCUT2D eigenvalue weighted by Gasteiger charge is 2.33. The molecule has 0 atom stereocenters. The average molecular weight is 633 g/mol. The largest absolute Gasteiger partial charge is 0.416 e. The van der Waals surface area contributed by atoms with Crippen LogP contribution in [0.2, 0.25) is 0 Å². The molecule has 0 spiro atoms. The van der Waals surface area contributed by atoms with Crippen LogP contribution in [-0.2, 0) is 15.8 Å². The minimum absolute atomic E-state index is 0.00613. The predicted octanol–water partition coefficient (Wildman–Crippen LogP) is 6.78. The van der Waals surface area contributed by atoms with E-state index in [0.29, 0.717) is 20.3 Å². The molecule has 1 aliphatic rings. The number of alkyl halides is 3. The first-order valence-corrected chi connectivity index (χ1v) is 15.1. The summed E-state index contributed by atoms with van der Waals surface area (Å²) in [4.78, 5) is 46.2. The second kappa shape index (κ2) is 12.2. The molecule has 2 aromatic heterocycles. The highest BCUT2D eigenvalue weighted by atomic mass is 32.2. The van der Waals surface area contributed by atoms with E-state index in [9.17, 15) is 27.6 Å². The van der Waals surface area contributed by atoms with Crippen molar-refractivity contribution in [1.82, 2.24) is 14.5 Å². The Morgan fingerprint density at radius 1 is 1.10 bits per heavy atom. The first kappa shape index (κ1) is 29.0. The third-order valence-electron chi connectivity index (χ3n) is 5.82. The van der Waals surface area contributed by atoms with Gasteiger partial charge in [-0.15, -0.1) is 11.3 Å². The van der Waals surface area contributed by atoms with Crippen LogP contribution >= 0.6 is 47.1 Å². The molecule has 0 bridgehead atoms. The van der Waals surface area contributed by atoms with Gasteiger partial charge >= 0.3 is 6.18 Å². The SMILES string of the molecule is O=C(CSc1nc2ccccc2n1C(=O)CCN1C(=O)C(=Cc2cccs2)SC1=S)Nc1cccc(C(F)(F)F)c1. The number of imidazole rings is 1. The maximum absolute atomic E-state index is 13.4. The molecule has 3 heterocycles. The number of aromatic nitrogens is 2. The van der Waals surface area contributed by atoms with Gasteiger partial charge in [0.05, 0.1) is 27.3 Å². The highest BCUT2D eigenvalue weighted by Crippen LogP contribution is 2.34. The molecule has 0 radical (unpaired) electrons. The van der Waals surface area contributed by atoms with Crippen molar-refractivity contribution in [2.75, 3.05) is 17.6 Å². The molecular weight excluding hydrogens is 614 g/mol. The minimum atomic E-state index is -4.54. The Morgan fingerprint density at radius 3 is 2.66 bits per heavy atom. The van der Waals surface area contributed by atoms with E-state index in [2.05, 4.69) is 10.3 Å². The van der Waals surface area contributed by atoms with Crippen LogP contribution in [-0.4, -0.2) is 48.8 Å². The number of anilines is 1. The van der Waals surface area contributed by atoms with Crippen molar-refractivity contribution < 1.29 is 27.6 Å². The van der Waals surface area contributed by atoms with Crippen molar-refractivity contribution in [3.63, 3.8) is 0 Å². The lowest BCUT2D eigenvalue weighted by atomic mass is 10.2. The van der Waals surface area contributed by atoms with Crippen LogP contribution < -0.4 is 5.32 Å². The number of nitrogens with zero attached hydrogens (tertiary/aromatic N) is 3. The van der Waals surface area contributed by atoms with Crippen molar-refractivity contribution in [2.24, 2.45) is 0 Å². The van der Waals surface area contributed by atoms with Crippen LogP contribution in [0.15, 0.2) is 76.1 Å². The molecule has 0 aliphatic carbocycles. The lowest BCUT2D eigenvalue weighted by Crippen LogP contribution is -2.31. The van der Waals surface area contributed by atoms with Crippen molar-refractivity contribution in [2.45, 2.75) is 17.8 Å². The number of amides is 2. The monoisotopic (exact) mass is 632 g/mol. The summed E-state index contributed by atoms with van der Waals surface area (Å²) < 4.78 is 40.8. The number of carbonyl (C=O) groups excluding carboxylic acids is 3. The van der Waals surface area contributed by atoms with Crippen LogP contribution in [0.3, 0.4) is 0 Å². The van der Waals surface area contributed by atoms with E-state index in [1.165, 1.54) is 44.7 Å². The van der Waals surface area contributed by atoms with E-state index in [4.69, 9.17) is 12.2 Å². The number of para-hydroxylation sites is 2. The van der Waals surface area contributed by atoms with Gasteiger partial charge in [0.25, 0.3) is 5.91 Å². The molecule has 0 unspecified atom stereocenters. The van der Waals surface area contributed by atoms with E-state index in [1.54, 1.807) is 30.3 Å². The Balaban J connectivity index is 1.27. The van der Waals surface area contributed by atoms with E-state index < -0.39 is 17.6 Å². The predicted molar refractivity (Wildman–Crippen MR) is 160 cm³/mol. The van der Waals surface area contributed by atoms with Crippen LogP contribution in [0.25, 0.3) is 17.1 Å². The molecule has 1 aliphatic heterocycles. The van der Waals surface area contributed by atoms with E-state index >= 15 is 0 Å². The van der Waals surface area contributed by atoms with E-state index in [1.807, 2.05) is 17.5 Å². The number of nitrogens with one attached hydrogen (secondary N) is 1. The molecule has 1 fully saturated rings. The zero-order valence-electron chi connectivity index (χ0n) is 20.9. The van der Waals surface area contributed by atoms with Gasteiger partial charge in [-0.3, -0.25) is 23.9 Å². The molecule has 14 heteroatoms. The Labute approximate surface area is 249 Å². The van der Waals surface area contributed by atoms with E-state index in [-0.39, 0.29) is 41.4 Å². The summed E-state index contributed by atoms with van der Waals surface area (Å²) in [6, 6.07) is 15.1. The van der Waals surface area contributed by atoms with Gasteiger partial charge in [-0.2, -0.15) is 13.2 Å². The van der Waals surface area contributed by atoms with Gasteiger partial charge in [0.2, 0.25) is 11.8 Å². The number of hydrogen-bond acceptors (Lipinski definition) is 8. The Kier molecular flexibility index (Phi) is 8.63. The second-order valence-corrected chi connectivity index (χ2v) is 12.2. The summed E-state index contributed by atoms with van der Waals surface area (Å²) >= 11 is 9.05. The van der Waals surface area contributed by atoms with Crippen LogP contribution in [0, 0.1) is 0 Å². The molecule has 41 heavy (non-hydrogen) atoms. The molecule has 1 saturated heterocycles. The number of benzene rings is 2. The number of carbonyl (C=O) groups is 3. The maximum Gasteiger partial charge on any atom is 0.416 e. The molecule has 7 nitrogen and oxygen atoms in total. The molecule has 2 amide bonds. The third kappa shape index (κ3) is 6.72. The number of halogens is 3. The number of rotatable bonds is 8. The summed E-state index contributed by atoms with van der Waals surface area (Å²) in [7, 11) is 0. The molecule has 5 rings (SSSR count). The quantitative estimate of drug-likeness (QED) is 0.130. The van der Waals surface area contributed by atoms with Gasteiger partial charge < -0.3 is 5.32 Å². The number of thiophene rings is 1. The lowest BCUT2D eigenvalue weighted by molar-refractivity contribution is -0.137. The fourth-order valence-electron chi connectivity index (χ4n) is 3.96. The van der Waals surface area contributed by atoms with Crippen LogP contribution in [0.4, 0.5) is 18.9 Å². The molecular formula is C27H19F3N4O3S4. The van der Waals surface area contributed by atoms with Gasteiger partial charge in [-0.25, -0.2) is 4.98 Å². The maximum atomic E-state index is 13.4. The zero-order valence-corrected chi connectivity index (χ0v) is 24.1. The van der Waals surface area contributed by atoms with Gasteiger partial charge in [0.15, 0.2) is 5.16 Å². The fourth-order valence-corrected chi connectivity index (χ4v) is 6.81. The van der Waals surface area contributed by atoms with Crippen molar-refractivity contribution in [1.29, 1.82) is 0 Å². The summed E-state index contributed by atoms with van der Waals surface area (Å²) in [5.41, 5.74) is 0.192. The van der Waals surface area contributed by atoms with E-state index in [0.717, 1.165) is 28.8 Å². The Hall–Kier alpha value is -3.46. The Bertz CT molecular complexity index is 1680. The molecule has 4 aromatic rings. The number of thioether (sulfide) groups is 2. The fraction of sp³-hybridized carbons (Fsp3) is 0.148. The minimum Gasteiger partial charge on any atom is -0.325 e. The van der Waals surface area contributed by atoms with Gasteiger partial charge in [-0.05, 0) is 47.9 Å². The smallest absolute Gasteiger partial charge is 0.325 e. The second-order valence-electron chi connectivity index (χ2n) is 8.63. The molecule has 1 N–H and O–H groups in total. The number of hydrogen-bond donors (Lipinski definition) is 1. The van der Waals surface area contributed by atoms with Crippen molar-refractivity contribution in [3.8, 4) is 0 Å². The average Bonchev–Trinajstić information content (AvgIpc) is 3.64. The first-order chi connectivity index (χ1) is 19.6.